The van der Waals surface area contributed by atoms with E-state index in [1.807, 2.05) is 0 Å². The molecule has 0 saturated heterocycles. The van der Waals surface area contributed by atoms with Crippen molar-refractivity contribution in [3.8, 4) is 0 Å². The summed E-state index contributed by atoms with van der Waals surface area (Å²) in [6.07, 6.45) is -3.15. The molecule has 17 heteroatoms. The summed E-state index contributed by atoms with van der Waals surface area (Å²) in [6.45, 7) is 19.4. The van der Waals surface area contributed by atoms with E-state index in [-0.39, 0.29) is 31.8 Å². The number of carbonyl (C=O) groups is 3. The summed E-state index contributed by atoms with van der Waals surface area (Å²) < 4.78 is 42.8. The summed E-state index contributed by atoms with van der Waals surface area (Å²) in [6, 6.07) is -2.60. The average Bonchev–Trinajstić information content (AvgIpc) is 2.85. The minimum absolute atomic E-state index is 0.0253. The Bertz CT molecular complexity index is 949. The SMILES string of the molecule is COCO[C@@H](CO[Si](C)(C)C(C)(C)C)[C@H](NC[C@H](OCOC)[C@H](NC(=O)OCC(Cl)(Cl)Cl)C(=O)OC(C)(C)C)C(=O)OC(C)(C)C. The lowest BCUT2D eigenvalue weighted by molar-refractivity contribution is -0.168. The molecule has 0 aliphatic heterocycles. The molecule has 272 valence electrons. The van der Waals surface area contributed by atoms with Gasteiger partial charge in [-0.3, -0.25) is 10.1 Å². The smallest absolute Gasteiger partial charge is 0.408 e. The normalized spacial score (nSPS) is 15.8. The molecule has 13 nitrogen and oxygen atoms in total. The van der Waals surface area contributed by atoms with Crippen molar-refractivity contribution >= 4 is 61.2 Å². The van der Waals surface area contributed by atoms with Gasteiger partial charge < -0.3 is 42.9 Å². The molecule has 0 saturated carbocycles. The van der Waals surface area contributed by atoms with Crippen molar-refractivity contribution in [1.82, 2.24) is 10.6 Å². The van der Waals surface area contributed by atoms with Gasteiger partial charge in [-0.25, -0.2) is 9.59 Å². The van der Waals surface area contributed by atoms with Crippen molar-refractivity contribution in [2.24, 2.45) is 0 Å². The van der Waals surface area contributed by atoms with E-state index in [0.29, 0.717) is 0 Å². The van der Waals surface area contributed by atoms with Gasteiger partial charge in [0.15, 0.2) is 14.4 Å². The number of ether oxygens (including phenoxy) is 7. The van der Waals surface area contributed by atoms with Gasteiger partial charge in [-0.05, 0) is 59.7 Å². The van der Waals surface area contributed by atoms with Crippen molar-refractivity contribution in [1.29, 1.82) is 0 Å². The number of hydrogen-bond acceptors (Lipinski definition) is 12. The molecule has 0 aromatic carbocycles. The van der Waals surface area contributed by atoms with E-state index in [2.05, 4.69) is 44.5 Å². The van der Waals surface area contributed by atoms with Crippen LogP contribution in [0, 0.1) is 0 Å². The van der Waals surface area contributed by atoms with Crippen LogP contribution in [0.1, 0.15) is 62.3 Å². The molecule has 0 unspecified atom stereocenters. The summed E-state index contributed by atoms with van der Waals surface area (Å²) in [5, 5.41) is 5.40. The van der Waals surface area contributed by atoms with Crippen LogP contribution in [0.4, 0.5) is 4.79 Å². The summed E-state index contributed by atoms with van der Waals surface area (Å²) in [5.41, 5.74) is -1.78. The first-order chi connectivity index (χ1) is 20.7. The maximum atomic E-state index is 13.6. The van der Waals surface area contributed by atoms with Gasteiger partial charge in [-0.1, -0.05) is 55.6 Å². The standard InChI is InChI=1S/C29H55Cl3N2O11Si/c1-26(2,3)44-23(35)21(20(42-18-39-11)15-43-46(12,13)28(7,8)9)33-14-19(41-17-38-10)22(24(36)45-27(4,5)6)34-25(37)40-16-29(30,31)32/h19-22,33H,14-18H2,1-13H3,(H,34,37)/t19-,20-,21-,22-/m0/s1. The number of methoxy groups -OCH3 is 2. The molecule has 0 aliphatic carbocycles. The number of nitrogens with one attached hydrogen (secondary N) is 2. The van der Waals surface area contributed by atoms with Crippen LogP contribution < -0.4 is 10.6 Å². The fourth-order valence-corrected chi connectivity index (χ4v) is 4.47. The van der Waals surface area contributed by atoms with Crippen LogP contribution in [0.3, 0.4) is 0 Å². The van der Waals surface area contributed by atoms with Crippen molar-refractivity contribution in [2.75, 3.05) is 47.6 Å². The molecule has 0 rings (SSSR count). The maximum Gasteiger partial charge on any atom is 0.408 e. The van der Waals surface area contributed by atoms with Crippen LogP contribution in [-0.2, 0) is 47.2 Å². The lowest BCUT2D eigenvalue weighted by Gasteiger charge is -2.38. The highest BCUT2D eigenvalue weighted by atomic mass is 35.6. The molecule has 0 aliphatic rings. The Kier molecular flexibility index (Phi) is 18.9. The highest BCUT2D eigenvalue weighted by molar-refractivity contribution is 6.74. The molecule has 46 heavy (non-hydrogen) atoms. The topological polar surface area (TPSA) is 149 Å². The monoisotopic (exact) mass is 740 g/mol. The Morgan fingerprint density at radius 2 is 1.20 bits per heavy atom. The summed E-state index contributed by atoms with van der Waals surface area (Å²) in [5.74, 6) is -1.51. The van der Waals surface area contributed by atoms with Crippen LogP contribution >= 0.6 is 34.8 Å². The second-order valence-electron chi connectivity index (χ2n) is 14.1. The zero-order valence-corrected chi connectivity index (χ0v) is 32.7. The largest absolute Gasteiger partial charge is 0.459 e. The van der Waals surface area contributed by atoms with Crippen LogP contribution in [0.25, 0.3) is 0 Å². The van der Waals surface area contributed by atoms with E-state index in [0.717, 1.165) is 0 Å². The van der Waals surface area contributed by atoms with Crippen molar-refractivity contribution < 1.29 is 52.0 Å². The van der Waals surface area contributed by atoms with E-state index < -0.39 is 72.2 Å². The first-order valence-corrected chi connectivity index (χ1v) is 18.8. The highest BCUT2D eigenvalue weighted by Gasteiger charge is 2.42. The minimum atomic E-state index is -2.29. The van der Waals surface area contributed by atoms with Gasteiger partial charge in [0, 0.05) is 20.8 Å². The zero-order chi connectivity index (χ0) is 36.1. The minimum Gasteiger partial charge on any atom is -0.459 e. The van der Waals surface area contributed by atoms with Gasteiger partial charge in [-0.15, -0.1) is 0 Å². The first kappa shape index (κ1) is 45.1. The molecular weight excluding hydrogens is 687 g/mol. The molecule has 0 radical (unpaired) electrons. The van der Waals surface area contributed by atoms with Gasteiger partial charge in [0.25, 0.3) is 0 Å². The number of alkyl carbamates (subject to hydrolysis) is 1. The van der Waals surface area contributed by atoms with Gasteiger partial charge in [0.2, 0.25) is 3.79 Å². The molecule has 0 aromatic rings. The second kappa shape index (κ2) is 19.3. The van der Waals surface area contributed by atoms with E-state index in [1.165, 1.54) is 14.2 Å². The number of esters is 2. The molecule has 0 bridgehead atoms. The third-order valence-electron chi connectivity index (χ3n) is 6.46. The van der Waals surface area contributed by atoms with Crippen molar-refractivity contribution in [3.63, 3.8) is 0 Å². The Hall–Kier alpha value is -0.943. The number of hydrogen-bond donors (Lipinski definition) is 2. The van der Waals surface area contributed by atoms with Crippen molar-refractivity contribution in [2.45, 2.75) is 120 Å². The number of amides is 1. The Labute approximate surface area is 290 Å². The molecular formula is C29H55Cl3N2O11Si. The number of halogens is 3. The van der Waals surface area contributed by atoms with Gasteiger partial charge in [0.1, 0.15) is 49.6 Å². The van der Waals surface area contributed by atoms with E-state index in [1.54, 1.807) is 41.5 Å². The van der Waals surface area contributed by atoms with Crippen molar-refractivity contribution in [3.05, 3.63) is 0 Å². The molecule has 0 fully saturated rings. The quantitative estimate of drug-likeness (QED) is 0.0634. The third-order valence-corrected chi connectivity index (χ3v) is 11.3. The predicted octanol–water partition coefficient (Wildman–Crippen LogP) is 5.09. The maximum absolute atomic E-state index is 13.6. The number of rotatable bonds is 18. The Balaban J connectivity index is 6.56. The fraction of sp³-hybridized carbons (Fsp3) is 0.897. The van der Waals surface area contributed by atoms with E-state index in [9.17, 15) is 14.4 Å². The van der Waals surface area contributed by atoms with Crippen LogP contribution in [0.2, 0.25) is 18.1 Å². The molecule has 0 aromatic heterocycles. The number of carbonyl (C=O) groups excluding carboxylic acids is 3. The Morgan fingerprint density at radius 3 is 1.61 bits per heavy atom. The molecule has 4 atom stereocenters. The van der Waals surface area contributed by atoms with E-state index >= 15 is 0 Å². The lowest BCUT2D eigenvalue weighted by atomic mass is 10.1. The predicted molar refractivity (Wildman–Crippen MR) is 179 cm³/mol. The first-order valence-electron chi connectivity index (χ1n) is 14.8. The fourth-order valence-electron chi connectivity index (χ4n) is 3.29. The lowest BCUT2D eigenvalue weighted by Crippen LogP contribution is -2.59. The highest BCUT2D eigenvalue weighted by Crippen LogP contribution is 2.36. The summed E-state index contributed by atoms with van der Waals surface area (Å²) in [4.78, 5) is 39.7. The molecule has 0 heterocycles. The zero-order valence-electron chi connectivity index (χ0n) is 29.5. The number of alkyl halides is 3. The van der Waals surface area contributed by atoms with Gasteiger partial charge >= 0.3 is 18.0 Å². The van der Waals surface area contributed by atoms with Crippen LogP contribution in [-0.4, -0.2) is 113 Å². The second-order valence-corrected chi connectivity index (χ2v) is 21.4. The molecule has 1 amide bonds. The van der Waals surface area contributed by atoms with Gasteiger partial charge in [0.05, 0.1) is 6.61 Å². The summed E-state index contributed by atoms with van der Waals surface area (Å²) >= 11 is 17.1. The van der Waals surface area contributed by atoms with Crippen LogP contribution in [0.5, 0.6) is 0 Å². The molecule has 2 N–H and O–H groups in total. The third kappa shape index (κ3) is 19.2. The summed E-state index contributed by atoms with van der Waals surface area (Å²) in [7, 11) is 0.549. The van der Waals surface area contributed by atoms with Crippen LogP contribution in [0.15, 0.2) is 0 Å². The molecule has 0 spiro atoms. The van der Waals surface area contributed by atoms with Gasteiger partial charge in [-0.2, -0.15) is 0 Å². The average molecular weight is 742 g/mol. The Morgan fingerprint density at radius 1 is 0.739 bits per heavy atom. The van der Waals surface area contributed by atoms with E-state index in [4.69, 9.17) is 72.4 Å².